The molecule has 1 heterocycles. The highest BCUT2D eigenvalue weighted by Crippen LogP contribution is 2.22. The second-order valence-electron chi connectivity index (χ2n) is 6.24. The van der Waals surface area contributed by atoms with Gasteiger partial charge in [-0.15, -0.1) is 0 Å². The van der Waals surface area contributed by atoms with Gasteiger partial charge in [0.1, 0.15) is 18.8 Å². The number of pyridine rings is 1. The fraction of sp³-hybridized carbons (Fsp3) is 0.250. The molecular weight excluding hydrogens is 300 g/mol. The van der Waals surface area contributed by atoms with E-state index in [4.69, 9.17) is 4.74 Å². The highest BCUT2D eigenvalue weighted by atomic mass is 16.5. The van der Waals surface area contributed by atoms with Gasteiger partial charge in [-0.1, -0.05) is 36.4 Å². The zero-order valence-corrected chi connectivity index (χ0v) is 14.3. The molecule has 3 rings (SSSR count). The van der Waals surface area contributed by atoms with Gasteiger partial charge in [-0.2, -0.15) is 0 Å². The third kappa shape index (κ3) is 3.19. The Morgan fingerprint density at radius 3 is 2.50 bits per heavy atom. The van der Waals surface area contributed by atoms with E-state index in [9.17, 15) is 4.79 Å². The van der Waals surface area contributed by atoms with Crippen molar-refractivity contribution in [3.63, 3.8) is 0 Å². The summed E-state index contributed by atoms with van der Waals surface area (Å²) in [5.41, 5.74) is 3.87. The van der Waals surface area contributed by atoms with Crippen molar-refractivity contribution in [2.75, 3.05) is 14.2 Å². The molecule has 2 aromatic carbocycles. The third-order valence-electron chi connectivity index (χ3n) is 4.36. The van der Waals surface area contributed by atoms with Gasteiger partial charge in [0.15, 0.2) is 5.43 Å². The highest BCUT2D eigenvalue weighted by molar-refractivity contribution is 5.85. The van der Waals surface area contributed by atoms with Crippen molar-refractivity contribution in [3.8, 4) is 5.75 Å². The first kappa shape index (κ1) is 16.3. The zero-order valence-electron chi connectivity index (χ0n) is 14.3. The first-order chi connectivity index (χ1) is 11.6. The first-order valence-corrected chi connectivity index (χ1v) is 8.14. The van der Waals surface area contributed by atoms with Gasteiger partial charge in [0.2, 0.25) is 0 Å². The molecule has 0 saturated heterocycles. The SMILES string of the molecule is COc1cccc2c(=O)c(C[NH+](C)Cc3ccccc3)c(C)[nH]c12. The van der Waals surface area contributed by atoms with E-state index in [0.29, 0.717) is 17.7 Å². The lowest BCUT2D eigenvalue weighted by atomic mass is 10.1. The van der Waals surface area contributed by atoms with Gasteiger partial charge >= 0.3 is 0 Å². The maximum atomic E-state index is 12.9. The second-order valence-corrected chi connectivity index (χ2v) is 6.24. The molecule has 1 atom stereocenters. The molecule has 124 valence electrons. The minimum absolute atomic E-state index is 0.0903. The Labute approximate surface area is 141 Å². The molecule has 0 aliphatic rings. The van der Waals surface area contributed by atoms with Gasteiger partial charge in [-0.3, -0.25) is 4.79 Å². The van der Waals surface area contributed by atoms with Crippen LogP contribution in [0.25, 0.3) is 10.9 Å². The average molecular weight is 323 g/mol. The molecular formula is C20H23N2O2+. The van der Waals surface area contributed by atoms with Crippen LogP contribution in [-0.4, -0.2) is 19.1 Å². The van der Waals surface area contributed by atoms with Crippen molar-refractivity contribution in [1.82, 2.24) is 4.98 Å². The summed E-state index contributed by atoms with van der Waals surface area (Å²) < 4.78 is 5.36. The third-order valence-corrected chi connectivity index (χ3v) is 4.36. The van der Waals surface area contributed by atoms with E-state index >= 15 is 0 Å². The predicted octanol–water partition coefficient (Wildman–Crippen LogP) is 2.06. The van der Waals surface area contributed by atoms with Crippen LogP contribution >= 0.6 is 0 Å². The number of rotatable bonds is 5. The summed E-state index contributed by atoms with van der Waals surface area (Å²) in [5, 5.41) is 0.683. The Morgan fingerprint density at radius 1 is 1.04 bits per heavy atom. The Morgan fingerprint density at radius 2 is 1.79 bits per heavy atom. The second kappa shape index (κ2) is 6.89. The number of aromatic nitrogens is 1. The Hall–Kier alpha value is -2.59. The van der Waals surface area contributed by atoms with Gasteiger partial charge in [0.25, 0.3) is 0 Å². The number of ether oxygens (including phenoxy) is 1. The van der Waals surface area contributed by atoms with E-state index < -0.39 is 0 Å². The molecule has 4 heteroatoms. The molecule has 0 spiro atoms. The van der Waals surface area contributed by atoms with E-state index in [0.717, 1.165) is 23.3 Å². The van der Waals surface area contributed by atoms with Crippen LogP contribution in [0.3, 0.4) is 0 Å². The van der Waals surface area contributed by atoms with Crippen molar-refractivity contribution in [3.05, 3.63) is 75.6 Å². The van der Waals surface area contributed by atoms with Crippen LogP contribution in [0.5, 0.6) is 5.75 Å². The van der Waals surface area contributed by atoms with Gasteiger partial charge in [0, 0.05) is 16.6 Å². The molecule has 0 bridgehead atoms. The van der Waals surface area contributed by atoms with Crippen molar-refractivity contribution in [2.45, 2.75) is 20.0 Å². The topological polar surface area (TPSA) is 46.5 Å². The molecule has 0 fully saturated rings. The monoisotopic (exact) mass is 323 g/mol. The molecule has 0 radical (unpaired) electrons. The molecule has 1 aromatic heterocycles. The number of quaternary nitrogens is 1. The number of hydrogen-bond donors (Lipinski definition) is 2. The standard InChI is InChI=1S/C20H22N2O2/c1-14-17(13-22(2)12-15-8-5-4-6-9-15)20(23)16-10-7-11-18(24-3)19(16)21-14/h4-11H,12-13H2,1-3H3,(H,21,23)/p+1. The molecule has 0 amide bonds. The van der Waals surface area contributed by atoms with Crippen molar-refractivity contribution < 1.29 is 9.64 Å². The molecule has 2 N–H and O–H groups in total. The van der Waals surface area contributed by atoms with Crippen LogP contribution in [-0.2, 0) is 13.1 Å². The van der Waals surface area contributed by atoms with Crippen LogP contribution in [0.1, 0.15) is 16.8 Å². The number of benzene rings is 2. The first-order valence-electron chi connectivity index (χ1n) is 8.14. The van der Waals surface area contributed by atoms with Crippen molar-refractivity contribution in [2.24, 2.45) is 0 Å². The van der Waals surface area contributed by atoms with Gasteiger partial charge in [-0.25, -0.2) is 0 Å². The van der Waals surface area contributed by atoms with Crippen LogP contribution in [0.2, 0.25) is 0 Å². The molecule has 1 unspecified atom stereocenters. The van der Waals surface area contributed by atoms with Crippen LogP contribution < -0.4 is 15.1 Å². The van der Waals surface area contributed by atoms with Gasteiger partial charge in [-0.05, 0) is 19.1 Å². The molecule has 0 aliphatic carbocycles. The number of H-pyrrole nitrogens is 1. The normalized spacial score (nSPS) is 12.3. The fourth-order valence-corrected chi connectivity index (χ4v) is 3.14. The molecule has 0 saturated carbocycles. The van der Waals surface area contributed by atoms with E-state index in [1.807, 2.05) is 43.3 Å². The number of hydrogen-bond acceptors (Lipinski definition) is 2. The quantitative estimate of drug-likeness (QED) is 0.755. The number of aromatic amines is 1. The van der Waals surface area contributed by atoms with E-state index in [2.05, 4.69) is 24.2 Å². The van der Waals surface area contributed by atoms with Crippen LogP contribution in [0, 0.1) is 6.92 Å². The summed E-state index contributed by atoms with van der Waals surface area (Å²) in [5.74, 6) is 0.698. The van der Waals surface area contributed by atoms with Gasteiger partial charge in [0.05, 0.1) is 25.2 Å². The fourth-order valence-electron chi connectivity index (χ4n) is 3.14. The Balaban J connectivity index is 1.94. The molecule has 4 nitrogen and oxygen atoms in total. The summed E-state index contributed by atoms with van der Waals surface area (Å²) >= 11 is 0. The summed E-state index contributed by atoms with van der Waals surface area (Å²) in [6, 6.07) is 15.9. The minimum Gasteiger partial charge on any atom is -0.495 e. The highest BCUT2D eigenvalue weighted by Gasteiger charge is 2.15. The average Bonchev–Trinajstić information content (AvgIpc) is 2.59. The van der Waals surface area contributed by atoms with E-state index in [-0.39, 0.29) is 5.43 Å². The summed E-state index contributed by atoms with van der Waals surface area (Å²) in [4.78, 5) is 17.5. The number of fused-ring (bicyclic) bond motifs is 1. The molecule has 3 aromatic rings. The summed E-state index contributed by atoms with van der Waals surface area (Å²) in [6.45, 7) is 3.53. The minimum atomic E-state index is 0.0903. The van der Waals surface area contributed by atoms with Crippen molar-refractivity contribution in [1.29, 1.82) is 0 Å². The number of methoxy groups -OCH3 is 1. The molecule has 0 aliphatic heterocycles. The maximum absolute atomic E-state index is 12.9. The van der Waals surface area contributed by atoms with Crippen molar-refractivity contribution >= 4 is 10.9 Å². The lowest BCUT2D eigenvalue weighted by Crippen LogP contribution is -3.06. The maximum Gasteiger partial charge on any atom is 0.198 e. The number of aryl methyl sites for hydroxylation is 1. The zero-order chi connectivity index (χ0) is 17.1. The summed E-state index contributed by atoms with van der Waals surface area (Å²) in [7, 11) is 3.73. The van der Waals surface area contributed by atoms with E-state index in [1.165, 1.54) is 10.5 Å². The number of para-hydroxylation sites is 1. The Bertz CT molecular complexity index is 901. The summed E-state index contributed by atoms with van der Waals surface area (Å²) in [6.07, 6.45) is 0. The van der Waals surface area contributed by atoms with Crippen LogP contribution in [0.4, 0.5) is 0 Å². The lowest BCUT2D eigenvalue weighted by Gasteiger charge is -2.16. The Kier molecular flexibility index (Phi) is 4.67. The number of nitrogens with one attached hydrogen (secondary N) is 2. The van der Waals surface area contributed by atoms with Crippen LogP contribution in [0.15, 0.2) is 53.3 Å². The lowest BCUT2D eigenvalue weighted by molar-refractivity contribution is -0.907. The largest absolute Gasteiger partial charge is 0.495 e. The van der Waals surface area contributed by atoms with Gasteiger partial charge < -0.3 is 14.6 Å². The smallest absolute Gasteiger partial charge is 0.198 e. The predicted molar refractivity (Wildman–Crippen MR) is 96.6 cm³/mol. The molecule has 24 heavy (non-hydrogen) atoms. The van der Waals surface area contributed by atoms with E-state index in [1.54, 1.807) is 7.11 Å².